The number of carbonyl (C=O) groups excluding carboxylic acids is 1. The van der Waals surface area contributed by atoms with Crippen LogP contribution >= 0.6 is 0 Å². The number of anilines is 1. The highest BCUT2D eigenvalue weighted by Gasteiger charge is 2.29. The van der Waals surface area contributed by atoms with Gasteiger partial charge in [-0.1, -0.05) is 24.3 Å². The molecule has 1 amide bonds. The van der Waals surface area contributed by atoms with Crippen LogP contribution in [0.25, 0.3) is 12.2 Å². The highest BCUT2D eigenvalue weighted by molar-refractivity contribution is 6.14. The van der Waals surface area contributed by atoms with Crippen LogP contribution in [0.5, 0.6) is 0 Å². The predicted molar refractivity (Wildman–Crippen MR) is 124 cm³/mol. The smallest absolute Gasteiger partial charge is 0.409 e. The van der Waals surface area contributed by atoms with Crippen molar-refractivity contribution in [2.45, 2.75) is 18.8 Å². The van der Waals surface area contributed by atoms with Crippen LogP contribution < -0.4 is 5.32 Å². The SMILES string of the molecule is O=C(O)Nc1ccc(C2C/C(=C/c3ccc(F)c(F)c3)C(=O)/C(=C/c3ccc(F)c(F)c3)C2)cc1. The van der Waals surface area contributed by atoms with Crippen molar-refractivity contribution in [2.24, 2.45) is 0 Å². The Bertz CT molecular complexity index is 1290. The minimum atomic E-state index is -1.20. The lowest BCUT2D eigenvalue weighted by Crippen LogP contribution is -2.19. The van der Waals surface area contributed by atoms with Crippen molar-refractivity contribution < 1.29 is 32.3 Å². The number of nitrogens with one attached hydrogen (secondary N) is 1. The molecule has 0 saturated heterocycles. The number of ketones is 1. The maximum atomic E-state index is 13.7. The molecule has 3 aromatic carbocycles. The second kappa shape index (κ2) is 9.97. The summed E-state index contributed by atoms with van der Waals surface area (Å²) in [4.78, 5) is 24.1. The molecule has 0 spiro atoms. The fourth-order valence-corrected chi connectivity index (χ4v) is 4.05. The van der Waals surface area contributed by atoms with Gasteiger partial charge in [0.15, 0.2) is 29.1 Å². The van der Waals surface area contributed by atoms with Crippen molar-refractivity contribution in [2.75, 3.05) is 5.32 Å². The van der Waals surface area contributed by atoms with Gasteiger partial charge in [0, 0.05) is 16.8 Å². The molecule has 178 valence electrons. The molecule has 0 aromatic heterocycles. The average Bonchev–Trinajstić information content (AvgIpc) is 2.81. The van der Waals surface area contributed by atoms with Gasteiger partial charge in [-0.2, -0.15) is 0 Å². The van der Waals surface area contributed by atoms with Gasteiger partial charge in [-0.15, -0.1) is 0 Å². The first-order valence-electron chi connectivity index (χ1n) is 10.7. The summed E-state index contributed by atoms with van der Waals surface area (Å²) >= 11 is 0. The first-order chi connectivity index (χ1) is 16.7. The second-order valence-corrected chi connectivity index (χ2v) is 8.17. The Morgan fingerprint density at radius 2 is 1.26 bits per heavy atom. The molecule has 1 unspecified atom stereocenters. The van der Waals surface area contributed by atoms with Gasteiger partial charge in [0.05, 0.1) is 0 Å². The largest absolute Gasteiger partial charge is 0.465 e. The van der Waals surface area contributed by atoms with Crippen molar-refractivity contribution >= 4 is 29.7 Å². The van der Waals surface area contributed by atoms with Gasteiger partial charge < -0.3 is 5.11 Å². The molecule has 1 fully saturated rings. The molecule has 4 rings (SSSR count). The maximum absolute atomic E-state index is 13.7. The zero-order valence-electron chi connectivity index (χ0n) is 18.2. The molecular weight excluding hydrogens is 462 g/mol. The fraction of sp³-hybridized carbons (Fsp3) is 0.111. The number of hydrogen-bond acceptors (Lipinski definition) is 2. The Hall–Kier alpha value is -4.20. The zero-order chi connectivity index (χ0) is 25.1. The summed E-state index contributed by atoms with van der Waals surface area (Å²) < 4.78 is 54.1. The van der Waals surface area contributed by atoms with Gasteiger partial charge in [0.25, 0.3) is 0 Å². The van der Waals surface area contributed by atoms with Gasteiger partial charge >= 0.3 is 6.09 Å². The van der Waals surface area contributed by atoms with E-state index in [9.17, 15) is 27.2 Å². The number of amides is 1. The molecule has 1 aliphatic rings. The van der Waals surface area contributed by atoms with Gasteiger partial charge in [-0.05, 0) is 84.0 Å². The van der Waals surface area contributed by atoms with E-state index in [1.165, 1.54) is 24.3 Å². The summed E-state index contributed by atoms with van der Waals surface area (Å²) in [6.07, 6.45) is 2.35. The summed E-state index contributed by atoms with van der Waals surface area (Å²) in [5.74, 6) is -4.64. The summed E-state index contributed by atoms with van der Waals surface area (Å²) in [5, 5.41) is 11.1. The van der Waals surface area contributed by atoms with Crippen LogP contribution in [0.3, 0.4) is 0 Å². The fourth-order valence-electron chi connectivity index (χ4n) is 4.05. The van der Waals surface area contributed by atoms with E-state index in [-0.39, 0.29) is 11.7 Å². The van der Waals surface area contributed by atoms with Crippen LogP contribution in [0, 0.1) is 23.3 Å². The summed E-state index contributed by atoms with van der Waals surface area (Å²) in [7, 11) is 0. The zero-order valence-corrected chi connectivity index (χ0v) is 18.2. The van der Waals surface area contributed by atoms with Gasteiger partial charge in [0.2, 0.25) is 0 Å². The molecule has 8 heteroatoms. The van der Waals surface area contributed by atoms with E-state index < -0.39 is 29.4 Å². The standard InChI is InChI=1S/C27H19F4NO3/c28-22-7-1-15(11-24(22)30)9-19-13-18(17-3-5-21(6-4-17)32-27(34)35)14-20(26(19)33)10-16-2-8-23(29)25(31)12-16/h1-12,18,32H,13-14H2,(H,34,35)/b19-9-,20-10+. The minimum Gasteiger partial charge on any atom is -0.465 e. The topological polar surface area (TPSA) is 66.4 Å². The van der Waals surface area contributed by atoms with E-state index in [2.05, 4.69) is 5.32 Å². The van der Waals surface area contributed by atoms with Gasteiger partial charge in [-0.25, -0.2) is 22.4 Å². The Labute approximate surface area is 198 Å². The third-order valence-corrected chi connectivity index (χ3v) is 5.72. The van der Waals surface area contributed by atoms with Crippen LogP contribution in [0.4, 0.5) is 28.0 Å². The highest BCUT2D eigenvalue weighted by atomic mass is 19.2. The number of Topliss-reactive ketones (excluding diaryl/α,β-unsaturated/α-hetero) is 1. The summed E-state index contributed by atoms with van der Waals surface area (Å²) in [6, 6.07) is 13.3. The normalized spacial score (nSPS) is 18.2. The number of halogens is 4. The van der Waals surface area contributed by atoms with Crippen LogP contribution in [0.1, 0.15) is 35.4 Å². The van der Waals surface area contributed by atoms with Crippen LogP contribution in [-0.2, 0) is 4.79 Å². The highest BCUT2D eigenvalue weighted by Crippen LogP contribution is 2.39. The molecule has 0 radical (unpaired) electrons. The van der Waals surface area contributed by atoms with Crippen molar-refractivity contribution in [1.29, 1.82) is 0 Å². The lowest BCUT2D eigenvalue weighted by Gasteiger charge is -2.26. The molecule has 1 atom stereocenters. The number of carbonyl (C=O) groups is 2. The van der Waals surface area contributed by atoms with E-state index >= 15 is 0 Å². The van der Waals surface area contributed by atoms with Crippen molar-refractivity contribution in [3.05, 3.63) is 112 Å². The monoisotopic (exact) mass is 481 g/mol. The molecule has 0 heterocycles. The molecule has 2 N–H and O–H groups in total. The molecule has 4 nitrogen and oxygen atoms in total. The number of carboxylic acid groups (broad SMARTS) is 1. The number of allylic oxidation sites excluding steroid dienone is 2. The van der Waals surface area contributed by atoms with E-state index in [0.29, 0.717) is 40.8 Å². The molecular formula is C27H19F4NO3. The molecule has 35 heavy (non-hydrogen) atoms. The first-order valence-corrected chi connectivity index (χ1v) is 10.7. The Morgan fingerprint density at radius 1 is 0.771 bits per heavy atom. The predicted octanol–water partition coefficient (Wildman–Crippen LogP) is 6.95. The molecule has 0 aliphatic heterocycles. The van der Waals surface area contributed by atoms with E-state index in [0.717, 1.165) is 29.8 Å². The van der Waals surface area contributed by atoms with Crippen molar-refractivity contribution in [3.8, 4) is 0 Å². The summed E-state index contributed by atoms with van der Waals surface area (Å²) in [5.41, 5.74) is 2.49. The third kappa shape index (κ3) is 5.66. The molecule has 3 aromatic rings. The van der Waals surface area contributed by atoms with E-state index in [4.69, 9.17) is 5.11 Å². The van der Waals surface area contributed by atoms with E-state index in [1.54, 1.807) is 24.3 Å². The Morgan fingerprint density at radius 3 is 1.69 bits per heavy atom. The summed E-state index contributed by atoms with van der Waals surface area (Å²) in [6.45, 7) is 0. The Balaban J connectivity index is 1.73. The van der Waals surface area contributed by atoms with Gasteiger partial charge in [-0.3, -0.25) is 10.1 Å². The lowest BCUT2D eigenvalue weighted by molar-refractivity contribution is -0.113. The number of benzene rings is 3. The number of hydrogen-bond donors (Lipinski definition) is 2. The Kier molecular flexibility index (Phi) is 6.82. The van der Waals surface area contributed by atoms with E-state index in [1.807, 2.05) is 0 Å². The molecule has 0 bridgehead atoms. The third-order valence-electron chi connectivity index (χ3n) is 5.72. The van der Waals surface area contributed by atoms with Gasteiger partial charge in [0.1, 0.15) is 0 Å². The molecule has 1 aliphatic carbocycles. The number of rotatable bonds is 4. The lowest BCUT2D eigenvalue weighted by atomic mass is 9.76. The second-order valence-electron chi connectivity index (χ2n) is 8.17. The first kappa shape index (κ1) is 23.9. The quantitative estimate of drug-likeness (QED) is 0.313. The maximum Gasteiger partial charge on any atom is 0.409 e. The average molecular weight is 481 g/mol. The van der Waals surface area contributed by atoms with Crippen molar-refractivity contribution in [3.63, 3.8) is 0 Å². The minimum absolute atomic E-state index is 0.209. The van der Waals surface area contributed by atoms with Crippen LogP contribution in [0.2, 0.25) is 0 Å². The van der Waals surface area contributed by atoms with Crippen LogP contribution in [0.15, 0.2) is 71.8 Å². The van der Waals surface area contributed by atoms with Crippen LogP contribution in [-0.4, -0.2) is 17.0 Å². The van der Waals surface area contributed by atoms with Crippen molar-refractivity contribution in [1.82, 2.24) is 0 Å². The molecule has 1 saturated carbocycles.